The van der Waals surface area contributed by atoms with Gasteiger partial charge in [0.05, 0.1) is 0 Å². The Hall–Kier alpha value is -1.59. The highest BCUT2D eigenvalue weighted by atomic mass is 35.5. The molecule has 0 radical (unpaired) electrons. The Morgan fingerprint density at radius 2 is 1.67 bits per heavy atom. The summed E-state index contributed by atoms with van der Waals surface area (Å²) in [5.74, 6) is 1.72. The third-order valence-electron chi connectivity index (χ3n) is 5.80. The second-order valence-electron chi connectivity index (χ2n) is 8.09. The van der Waals surface area contributed by atoms with Gasteiger partial charge in [0, 0.05) is 38.2 Å². The lowest BCUT2D eigenvalue weighted by molar-refractivity contribution is -0.133. The Morgan fingerprint density at radius 1 is 1.11 bits per heavy atom. The highest BCUT2D eigenvalue weighted by Gasteiger charge is 2.31. The summed E-state index contributed by atoms with van der Waals surface area (Å²) >= 11 is 0. The van der Waals surface area contributed by atoms with Crippen LogP contribution in [-0.4, -0.2) is 54.8 Å². The summed E-state index contributed by atoms with van der Waals surface area (Å²) in [6.45, 7) is 8.31. The Kier molecular flexibility index (Phi) is 7.68. The number of carbonyl (C=O) groups is 2. The molecule has 2 atom stereocenters. The van der Waals surface area contributed by atoms with E-state index < -0.39 is 0 Å². The summed E-state index contributed by atoms with van der Waals surface area (Å²) in [6, 6.07) is 7.74. The zero-order valence-corrected chi connectivity index (χ0v) is 17.4. The number of amides is 2. The fourth-order valence-electron chi connectivity index (χ4n) is 4.15. The maximum atomic E-state index is 12.8. The average Bonchev–Trinajstić information content (AvgIpc) is 2.99. The Bertz CT molecular complexity index is 633. The molecule has 0 bridgehead atoms. The highest BCUT2D eigenvalue weighted by Crippen LogP contribution is 2.27. The third-order valence-corrected chi connectivity index (χ3v) is 5.80. The molecule has 3 rings (SSSR count). The molecule has 0 aliphatic carbocycles. The second-order valence-corrected chi connectivity index (χ2v) is 8.09. The van der Waals surface area contributed by atoms with Crippen LogP contribution < -0.4 is 5.32 Å². The second kappa shape index (κ2) is 9.56. The molecule has 2 heterocycles. The van der Waals surface area contributed by atoms with Crippen molar-refractivity contribution in [2.24, 2.45) is 17.8 Å². The first-order valence-electron chi connectivity index (χ1n) is 9.79. The average molecular weight is 394 g/mol. The quantitative estimate of drug-likeness (QED) is 0.855. The van der Waals surface area contributed by atoms with Crippen molar-refractivity contribution in [2.45, 2.75) is 33.2 Å². The maximum Gasteiger partial charge on any atom is 0.253 e. The van der Waals surface area contributed by atoms with E-state index in [2.05, 4.69) is 5.32 Å². The molecule has 2 aliphatic heterocycles. The van der Waals surface area contributed by atoms with Crippen molar-refractivity contribution in [2.75, 3.05) is 33.2 Å². The summed E-state index contributed by atoms with van der Waals surface area (Å²) in [4.78, 5) is 28.6. The molecule has 27 heavy (non-hydrogen) atoms. The van der Waals surface area contributed by atoms with E-state index in [0.717, 1.165) is 62.0 Å². The number of nitrogens with zero attached hydrogens (tertiary/aromatic N) is 2. The third kappa shape index (κ3) is 5.23. The first kappa shape index (κ1) is 21.7. The van der Waals surface area contributed by atoms with E-state index in [-0.39, 0.29) is 30.1 Å². The number of rotatable bonds is 4. The van der Waals surface area contributed by atoms with E-state index in [1.54, 1.807) is 4.90 Å². The molecule has 0 unspecified atom stereocenters. The van der Waals surface area contributed by atoms with Gasteiger partial charge in [0.15, 0.2) is 0 Å². The number of benzene rings is 1. The fourth-order valence-corrected chi connectivity index (χ4v) is 4.15. The van der Waals surface area contributed by atoms with E-state index in [1.807, 2.05) is 50.1 Å². The molecule has 1 aromatic carbocycles. The van der Waals surface area contributed by atoms with Crippen LogP contribution >= 0.6 is 12.4 Å². The molecule has 1 N–H and O–H groups in total. The summed E-state index contributed by atoms with van der Waals surface area (Å²) in [5.41, 5.74) is 1.80. The molecule has 0 saturated carbocycles. The van der Waals surface area contributed by atoms with Crippen molar-refractivity contribution in [1.82, 2.24) is 15.1 Å². The van der Waals surface area contributed by atoms with Crippen LogP contribution in [0.15, 0.2) is 24.3 Å². The summed E-state index contributed by atoms with van der Waals surface area (Å²) in [6.07, 6.45) is 2.20. The highest BCUT2D eigenvalue weighted by molar-refractivity contribution is 5.94. The number of carbonyl (C=O) groups excluding carboxylic acids is 2. The first-order chi connectivity index (χ1) is 12.5. The van der Waals surface area contributed by atoms with Gasteiger partial charge >= 0.3 is 0 Å². The van der Waals surface area contributed by atoms with E-state index in [0.29, 0.717) is 6.54 Å². The van der Waals surface area contributed by atoms with E-state index in [9.17, 15) is 9.59 Å². The lowest BCUT2D eigenvalue weighted by Gasteiger charge is -2.22. The minimum absolute atomic E-state index is 0. The normalized spacial score (nSPS) is 22.0. The fraction of sp³-hybridized carbons (Fsp3) is 0.619. The van der Waals surface area contributed by atoms with Crippen molar-refractivity contribution in [1.29, 1.82) is 0 Å². The molecule has 5 nitrogen and oxygen atoms in total. The Labute approximate surface area is 168 Å². The van der Waals surface area contributed by atoms with Gasteiger partial charge in [0.25, 0.3) is 5.91 Å². The number of fused-ring (bicyclic) bond motifs is 1. The molecule has 150 valence electrons. The van der Waals surface area contributed by atoms with Crippen molar-refractivity contribution < 1.29 is 9.59 Å². The molecular weight excluding hydrogens is 362 g/mol. The molecule has 2 amide bonds. The van der Waals surface area contributed by atoms with Gasteiger partial charge in [0.2, 0.25) is 5.91 Å². The molecule has 6 heteroatoms. The molecule has 1 aromatic rings. The minimum Gasteiger partial charge on any atom is -0.341 e. The van der Waals surface area contributed by atoms with Crippen LogP contribution in [0, 0.1) is 17.8 Å². The van der Waals surface area contributed by atoms with Gasteiger partial charge in [0.1, 0.15) is 0 Å². The monoisotopic (exact) mass is 393 g/mol. The van der Waals surface area contributed by atoms with Gasteiger partial charge in [-0.2, -0.15) is 0 Å². The molecular formula is C21H32ClN3O2. The van der Waals surface area contributed by atoms with Crippen molar-refractivity contribution in [3.63, 3.8) is 0 Å². The van der Waals surface area contributed by atoms with Gasteiger partial charge in [-0.25, -0.2) is 0 Å². The number of likely N-dealkylation sites (tertiary alicyclic amines) is 1. The number of halogens is 1. The smallest absolute Gasteiger partial charge is 0.253 e. The predicted molar refractivity (Wildman–Crippen MR) is 110 cm³/mol. The van der Waals surface area contributed by atoms with E-state index >= 15 is 0 Å². The SMILES string of the molecule is CC(C)C(=O)N(C)Cc1ccc(C(=O)N2CC[C@@H]3CNC[C@@H]3CC2)cc1.Cl. The predicted octanol–water partition coefficient (Wildman–Crippen LogP) is 2.79. The lowest BCUT2D eigenvalue weighted by Crippen LogP contribution is -2.33. The van der Waals surface area contributed by atoms with Crippen LogP contribution in [0.3, 0.4) is 0 Å². The van der Waals surface area contributed by atoms with E-state index in [1.165, 1.54) is 0 Å². The first-order valence-corrected chi connectivity index (χ1v) is 9.79. The van der Waals surface area contributed by atoms with Crippen LogP contribution in [0.1, 0.15) is 42.6 Å². The van der Waals surface area contributed by atoms with Gasteiger partial charge in [-0.15, -0.1) is 12.4 Å². The summed E-state index contributed by atoms with van der Waals surface area (Å²) in [7, 11) is 1.82. The van der Waals surface area contributed by atoms with Gasteiger partial charge < -0.3 is 15.1 Å². The number of hydrogen-bond acceptors (Lipinski definition) is 3. The maximum absolute atomic E-state index is 12.8. The van der Waals surface area contributed by atoms with Crippen LogP contribution in [0.5, 0.6) is 0 Å². The van der Waals surface area contributed by atoms with Gasteiger partial charge in [-0.05, 0) is 55.5 Å². The summed E-state index contributed by atoms with van der Waals surface area (Å²) < 4.78 is 0. The summed E-state index contributed by atoms with van der Waals surface area (Å²) in [5, 5.41) is 3.47. The Balaban J connectivity index is 0.00000261. The minimum atomic E-state index is -0.00131. The zero-order valence-electron chi connectivity index (χ0n) is 16.6. The van der Waals surface area contributed by atoms with Crippen LogP contribution in [0.25, 0.3) is 0 Å². The van der Waals surface area contributed by atoms with Crippen LogP contribution in [0.2, 0.25) is 0 Å². The molecule has 2 aliphatic rings. The van der Waals surface area contributed by atoms with Gasteiger partial charge in [-0.3, -0.25) is 9.59 Å². The van der Waals surface area contributed by atoms with Gasteiger partial charge in [-0.1, -0.05) is 26.0 Å². The van der Waals surface area contributed by atoms with Crippen LogP contribution in [0.4, 0.5) is 0 Å². The molecule has 2 saturated heterocycles. The topological polar surface area (TPSA) is 52.7 Å². The molecule has 0 spiro atoms. The molecule has 0 aromatic heterocycles. The standard InChI is InChI=1S/C21H31N3O2.ClH/c1-15(2)20(25)23(3)14-16-4-6-17(7-5-16)21(26)24-10-8-18-12-22-13-19(18)9-11-24;/h4-7,15,18-19,22H,8-14H2,1-3H3;1H/t18-,19+;. The van der Waals surface area contributed by atoms with Crippen molar-refractivity contribution >= 4 is 24.2 Å². The largest absolute Gasteiger partial charge is 0.341 e. The van der Waals surface area contributed by atoms with Crippen LogP contribution in [-0.2, 0) is 11.3 Å². The molecule has 2 fully saturated rings. The van der Waals surface area contributed by atoms with Crippen molar-refractivity contribution in [3.05, 3.63) is 35.4 Å². The number of hydrogen-bond donors (Lipinski definition) is 1. The Morgan fingerprint density at radius 3 is 2.19 bits per heavy atom. The number of nitrogens with one attached hydrogen (secondary N) is 1. The zero-order chi connectivity index (χ0) is 18.7. The lowest BCUT2D eigenvalue weighted by atomic mass is 9.92. The van der Waals surface area contributed by atoms with Crippen molar-refractivity contribution in [3.8, 4) is 0 Å². The van der Waals surface area contributed by atoms with E-state index in [4.69, 9.17) is 0 Å².